The highest BCUT2D eigenvalue weighted by molar-refractivity contribution is 5.86. The number of nitrogens with one attached hydrogen (secondary N) is 1. The molecule has 0 bridgehead atoms. The van der Waals surface area contributed by atoms with Crippen molar-refractivity contribution in [1.29, 1.82) is 0 Å². The summed E-state index contributed by atoms with van der Waals surface area (Å²) in [7, 11) is 1.68. The third kappa shape index (κ3) is 2.46. The van der Waals surface area contributed by atoms with E-state index in [0.29, 0.717) is 5.69 Å². The van der Waals surface area contributed by atoms with Crippen molar-refractivity contribution in [2.24, 2.45) is 0 Å². The van der Waals surface area contributed by atoms with Gasteiger partial charge in [0.1, 0.15) is 6.04 Å². The summed E-state index contributed by atoms with van der Waals surface area (Å²) in [6.07, 6.45) is 3.01. The highest BCUT2D eigenvalue weighted by atomic mass is 16.2. The molecule has 1 amide bonds. The molecule has 1 aromatic rings. The monoisotopic (exact) mass is 279 g/mol. The van der Waals surface area contributed by atoms with Gasteiger partial charge in [0, 0.05) is 19.6 Å². The van der Waals surface area contributed by atoms with E-state index in [2.05, 4.69) is 29.2 Å². The molecule has 0 spiro atoms. The van der Waals surface area contributed by atoms with Crippen LogP contribution in [0.3, 0.4) is 0 Å². The second-order valence-corrected chi connectivity index (χ2v) is 5.68. The number of aryl methyl sites for hydroxylation is 1. The van der Waals surface area contributed by atoms with E-state index in [4.69, 9.17) is 5.73 Å². The maximum Gasteiger partial charge on any atom is 0.242 e. The molecular weight excluding hydrogens is 254 g/mol. The molecule has 6 nitrogen and oxygen atoms in total. The Kier molecular flexibility index (Phi) is 4.20. The van der Waals surface area contributed by atoms with Gasteiger partial charge in [-0.15, -0.1) is 0 Å². The van der Waals surface area contributed by atoms with Crippen molar-refractivity contribution in [3.63, 3.8) is 0 Å². The lowest BCUT2D eigenvalue weighted by atomic mass is 10.0. The van der Waals surface area contributed by atoms with Gasteiger partial charge < -0.3 is 16.0 Å². The Hall–Kier alpha value is -1.72. The van der Waals surface area contributed by atoms with Gasteiger partial charge >= 0.3 is 0 Å². The third-order valence-electron chi connectivity index (χ3n) is 3.92. The van der Waals surface area contributed by atoms with Gasteiger partial charge in [0.15, 0.2) is 5.82 Å². The lowest BCUT2D eigenvalue weighted by Crippen LogP contribution is -2.49. The van der Waals surface area contributed by atoms with E-state index in [0.717, 1.165) is 37.3 Å². The number of carbonyl (C=O) groups excluding carboxylic acids is 1. The lowest BCUT2D eigenvalue weighted by molar-refractivity contribution is -0.122. The number of piperidine rings is 1. The number of nitrogen functional groups attached to an aromatic ring is 1. The summed E-state index contributed by atoms with van der Waals surface area (Å²) in [5.74, 6) is 0.948. The summed E-state index contributed by atoms with van der Waals surface area (Å²) in [6.45, 7) is 6.92. The zero-order valence-electron chi connectivity index (χ0n) is 12.8. The molecule has 1 unspecified atom stereocenters. The summed E-state index contributed by atoms with van der Waals surface area (Å²) < 4.78 is 1.94. The first-order valence-electron chi connectivity index (χ1n) is 7.30. The van der Waals surface area contributed by atoms with Gasteiger partial charge in [0.05, 0.1) is 11.4 Å². The Labute approximate surface area is 120 Å². The second-order valence-electron chi connectivity index (χ2n) is 5.68. The van der Waals surface area contributed by atoms with Crippen LogP contribution in [0, 0.1) is 6.92 Å². The molecule has 1 aromatic heterocycles. The van der Waals surface area contributed by atoms with E-state index in [9.17, 15) is 4.79 Å². The van der Waals surface area contributed by atoms with Gasteiger partial charge in [-0.05, 0) is 40.0 Å². The molecule has 0 aromatic carbocycles. The molecule has 0 aliphatic carbocycles. The number of anilines is 2. The van der Waals surface area contributed by atoms with Crippen molar-refractivity contribution >= 4 is 17.4 Å². The smallest absolute Gasteiger partial charge is 0.242 e. The molecule has 1 aliphatic rings. The van der Waals surface area contributed by atoms with Gasteiger partial charge in [-0.3, -0.25) is 4.79 Å². The number of carbonyl (C=O) groups is 1. The topological polar surface area (TPSA) is 76.2 Å². The van der Waals surface area contributed by atoms with Crippen LogP contribution in [-0.4, -0.2) is 35.3 Å². The molecular formula is C14H25N5O. The summed E-state index contributed by atoms with van der Waals surface area (Å²) in [5, 5.41) is 7.28. The molecule has 1 aliphatic heterocycles. The van der Waals surface area contributed by atoms with Gasteiger partial charge in [0.25, 0.3) is 0 Å². The van der Waals surface area contributed by atoms with Gasteiger partial charge in [-0.1, -0.05) is 0 Å². The average molecular weight is 279 g/mol. The normalized spacial score (nSPS) is 19.4. The predicted molar refractivity (Wildman–Crippen MR) is 80.8 cm³/mol. The average Bonchev–Trinajstić information content (AvgIpc) is 2.74. The summed E-state index contributed by atoms with van der Waals surface area (Å²) >= 11 is 0. The van der Waals surface area contributed by atoms with Gasteiger partial charge in [0.2, 0.25) is 5.91 Å². The highest BCUT2D eigenvalue weighted by Crippen LogP contribution is 2.33. The number of nitrogens with two attached hydrogens (primary N) is 1. The molecule has 1 saturated heterocycles. The van der Waals surface area contributed by atoms with Crippen LogP contribution in [0.1, 0.15) is 44.8 Å². The number of likely N-dealkylation sites (N-methyl/N-ethyl adjacent to an activating group) is 1. The number of nitrogens with zero attached hydrogens (tertiary/aromatic N) is 3. The van der Waals surface area contributed by atoms with Crippen molar-refractivity contribution in [3.05, 3.63) is 5.69 Å². The van der Waals surface area contributed by atoms with E-state index in [1.165, 1.54) is 0 Å². The van der Waals surface area contributed by atoms with Crippen LogP contribution in [-0.2, 0) is 4.79 Å². The third-order valence-corrected chi connectivity index (χ3v) is 3.92. The van der Waals surface area contributed by atoms with E-state index < -0.39 is 0 Å². The molecule has 2 rings (SSSR count). The quantitative estimate of drug-likeness (QED) is 0.878. The molecule has 6 heteroatoms. The maximum atomic E-state index is 12.1. The van der Waals surface area contributed by atoms with Crippen molar-refractivity contribution in [2.45, 2.75) is 52.1 Å². The number of hydrogen-bond acceptors (Lipinski definition) is 4. The zero-order valence-corrected chi connectivity index (χ0v) is 12.8. The fourth-order valence-corrected chi connectivity index (χ4v) is 2.82. The molecule has 112 valence electrons. The minimum Gasteiger partial charge on any atom is -0.394 e. The van der Waals surface area contributed by atoms with E-state index in [1.807, 2.05) is 11.6 Å². The van der Waals surface area contributed by atoms with Gasteiger partial charge in [-0.2, -0.15) is 5.10 Å². The lowest BCUT2D eigenvalue weighted by Gasteiger charge is -2.37. The molecule has 1 atom stereocenters. The Morgan fingerprint density at radius 3 is 2.75 bits per heavy atom. The Morgan fingerprint density at radius 2 is 2.15 bits per heavy atom. The van der Waals surface area contributed by atoms with Gasteiger partial charge in [-0.25, -0.2) is 4.68 Å². The Morgan fingerprint density at radius 1 is 1.45 bits per heavy atom. The van der Waals surface area contributed by atoms with Crippen LogP contribution in [0.5, 0.6) is 0 Å². The van der Waals surface area contributed by atoms with E-state index >= 15 is 0 Å². The van der Waals surface area contributed by atoms with E-state index in [-0.39, 0.29) is 18.0 Å². The first-order chi connectivity index (χ1) is 9.47. The molecule has 2 heterocycles. The first-order valence-corrected chi connectivity index (χ1v) is 7.30. The maximum absolute atomic E-state index is 12.1. The summed E-state index contributed by atoms with van der Waals surface area (Å²) in [4.78, 5) is 14.2. The van der Waals surface area contributed by atoms with Crippen LogP contribution in [0.2, 0.25) is 0 Å². The fraction of sp³-hybridized carbons (Fsp3) is 0.714. The number of aromatic nitrogens is 2. The number of rotatable bonds is 3. The highest BCUT2D eigenvalue weighted by Gasteiger charge is 2.32. The Bertz CT molecular complexity index is 494. The van der Waals surface area contributed by atoms with Crippen LogP contribution in [0.15, 0.2) is 0 Å². The summed E-state index contributed by atoms with van der Waals surface area (Å²) in [6, 6.07) is 0.0675. The minimum absolute atomic E-state index is 0.0539. The van der Waals surface area contributed by atoms with Crippen molar-refractivity contribution in [1.82, 2.24) is 15.1 Å². The standard InChI is InChI=1S/C14H25N5O/c1-9(2)19-14(12(15)10(3)17-19)18-8-6-5-7-11(18)13(20)16-4/h9,11H,5-8,15H2,1-4H3,(H,16,20). The van der Waals surface area contributed by atoms with Crippen LogP contribution < -0.4 is 16.0 Å². The van der Waals surface area contributed by atoms with Crippen LogP contribution in [0.4, 0.5) is 11.5 Å². The zero-order chi connectivity index (χ0) is 14.9. The molecule has 1 fully saturated rings. The SMILES string of the molecule is CNC(=O)C1CCCCN1c1c(N)c(C)nn1C(C)C. The molecule has 3 N–H and O–H groups in total. The second kappa shape index (κ2) is 5.73. The van der Waals surface area contributed by atoms with E-state index in [1.54, 1.807) is 7.05 Å². The number of amides is 1. The molecule has 20 heavy (non-hydrogen) atoms. The van der Waals surface area contributed by atoms with Crippen molar-refractivity contribution in [3.8, 4) is 0 Å². The summed E-state index contributed by atoms with van der Waals surface area (Å²) in [5.41, 5.74) is 7.74. The van der Waals surface area contributed by atoms with Crippen molar-refractivity contribution in [2.75, 3.05) is 24.2 Å². The van der Waals surface area contributed by atoms with Crippen LogP contribution >= 0.6 is 0 Å². The number of hydrogen-bond donors (Lipinski definition) is 2. The minimum atomic E-state index is -0.148. The van der Waals surface area contributed by atoms with Crippen molar-refractivity contribution < 1.29 is 4.79 Å². The molecule has 0 radical (unpaired) electrons. The van der Waals surface area contributed by atoms with Crippen LogP contribution in [0.25, 0.3) is 0 Å². The molecule has 0 saturated carbocycles. The first kappa shape index (κ1) is 14.7. The largest absolute Gasteiger partial charge is 0.394 e. The fourth-order valence-electron chi connectivity index (χ4n) is 2.82. The Balaban J connectivity index is 2.44. The predicted octanol–water partition coefficient (Wildman–Crippen LogP) is 1.46.